The van der Waals surface area contributed by atoms with Crippen molar-refractivity contribution < 1.29 is 9.21 Å². The van der Waals surface area contributed by atoms with E-state index in [1.807, 2.05) is 17.0 Å². The zero-order chi connectivity index (χ0) is 9.26. The van der Waals surface area contributed by atoms with Crippen LogP contribution in [0, 0.1) is 5.92 Å². The summed E-state index contributed by atoms with van der Waals surface area (Å²) in [6.45, 7) is 3.58. The first kappa shape index (κ1) is 8.35. The fraction of sp³-hybridized carbons (Fsp3) is 0.500. The number of nitrogens with zero attached hydrogens (tertiary/aromatic N) is 1. The van der Waals surface area contributed by atoms with E-state index in [1.165, 1.54) is 0 Å². The quantitative estimate of drug-likeness (QED) is 0.691. The van der Waals surface area contributed by atoms with Crippen molar-refractivity contribution in [3.05, 3.63) is 24.2 Å². The van der Waals surface area contributed by atoms with Crippen LogP contribution < -0.4 is 0 Å². The summed E-state index contributed by atoms with van der Waals surface area (Å²) < 4.78 is 5.19. The van der Waals surface area contributed by atoms with Crippen molar-refractivity contribution in [1.29, 1.82) is 0 Å². The van der Waals surface area contributed by atoms with Gasteiger partial charge in [-0.2, -0.15) is 0 Å². The van der Waals surface area contributed by atoms with Gasteiger partial charge in [-0.3, -0.25) is 4.79 Å². The van der Waals surface area contributed by atoms with Gasteiger partial charge in [0.05, 0.1) is 12.8 Å². The second-order valence-corrected chi connectivity index (χ2v) is 3.66. The Morgan fingerprint density at radius 1 is 1.69 bits per heavy atom. The van der Waals surface area contributed by atoms with E-state index in [2.05, 4.69) is 6.92 Å². The average molecular weight is 179 g/mol. The van der Waals surface area contributed by atoms with E-state index in [0.29, 0.717) is 18.9 Å². The van der Waals surface area contributed by atoms with Gasteiger partial charge in [0.25, 0.3) is 0 Å². The molecule has 0 bridgehead atoms. The van der Waals surface area contributed by atoms with Crippen LogP contribution in [0.15, 0.2) is 22.8 Å². The third kappa shape index (κ3) is 1.74. The van der Waals surface area contributed by atoms with Gasteiger partial charge in [0.15, 0.2) is 0 Å². The summed E-state index contributed by atoms with van der Waals surface area (Å²) in [5.41, 5.74) is 0. The number of likely N-dealkylation sites (tertiary alicyclic amines) is 1. The van der Waals surface area contributed by atoms with E-state index in [0.717, 1.165) is 12.3 Å². The summed E-state index contributed by atoms with van der Waals surface area (Å²) in [7, 11) is 0. The summed E-state index contributed by atoms with van der Waals surface area (Å²) in [6, 6.07) is 3.75. The molecule has 0 radical (unpaired) electrons. The molecule has 1 fully saturated rings. The number of carbonyl (C=O) groups is 1. The highest BCUT2D eigenvalue weighted by molar-refractivity contribution is 5.78. The highest BCUT2D eigenvalue weighted by Gasteiger charge is 2.26. The Labute approximate surface area is 77.3 Å². The van der Waals surface area contributed by atoms with E-state index < -0.39 is 0 Å². The molecule has 0 aliphatic carbocycles. The van der Waals surface area contributed by atoms with Crippen LogP contribution in [0.1, 0.15) is 19.1 Å². The SMILES string of the molecule is CC1CC(=O)N(Cc2ccco2)C1. The van der Waals surface area contributed by atoms with E-state index in [9.17, 15) is 4.79 Å². The molecule has 1 aliphatic rings. The maximum absolute atomic E-state index is 11.4. The van der Waals surface area contributed by atoms with Gasteiger partial charge < -0.3 is 9.32 Å². The number of furan rings is 1. The van der Waals surface area contributed by atoms with Gasteiger partial charge in [0.2, 0.25) is 5.91 Å². The highest BCUT2D eigenvalue weighted by atomic mass is 16.3. The molecule has 2 heterocycles. The van der Waals surface area contributed by atoms with Crippen molar-refractivity contribution in [2.24, 2.45) is 5.92 Å². The molecule has 0 N–H and O–H groups in total. The first-order valence-corrected chi connectivity index (χ1v) is 4.56. The molecule has 3 nitrogen and oxygen atoms in total. The Morgan fingerprint density at radius 2 is 2.54 bits per heavy atom. The summed E-state index contributed by atoms with van der Waals surface area (Å²) in [5, 5.41) is 0. The predicted molar refractivity (Wildman–Crippen MR) is 47.9 cm³/mol. The van der Waals surface area contributed by atoms with Gasteiger partial charge in [-0.1, -0.05) is 6.92 Å². The molecular weight excluding hydrogens is 166 g/mol. The maximum atomic E-state index is 11.4. The zero-order valence-corrected chi connectivity index (χ0v) is 7.69. The molecule has 1 aliphatic heterocycles. The van der Waals surface area contributed by atoms with Crippen LogP contribution in [0.3, 0.4) is 0 Å². The lowest BCUT2D eigenvalue weighted by molar-refractivity contribution is -0.128. The van der Waals surface area contributed by atoms with E-state index in [-0.39, 0.29) is 5.91 Å². The van der Waals surface area contributed by atoms with Gasteiger partial charge in [-0.15, -0.1) is 0 Å². The normalized spacial score (nSPS) is 22.7. The smallest absolute Gasteiger partial charge is 0.223 e. The molecule has 1 unspecified atom stereocenters. The van der Waals surface area contributed by atoms with Crippen molar-refractivity contribution in [3.8, 4) is 0 Å². The van der Waals surface area contributed by atoms with E-state index >= 15 is 0 Å². The summed E-state index contributed by atoms with van der Waals surface area (Å²) in [5.74, 6) is 1.59. The molecule has 0 aromatic carbocycles. The van der Waals surface area contributed by atoms with Gasteiger partial charge in [-0.05, 0) is 18.1 Å². The van der Waals surface area contributed by atoms with Crippen molar-refractivity contribution in [2.75, 3.05) is 6.54 Å². The average Bonchev–Trinajstić information content (AvgIpc) is 2.63. The van der Waals surface area contributed by atoms with Crippen LogP contribution in [0.4, 0.5) is 0 Å². The van der Waals surface area contributed by atoms with Gasteiger partial charge in [0.1, 0.15) is 5.76 Å². The fourth-order valence-corrected chi connectivity index (χ4v) is 1.71. The van der Waals surface area contributed by atoms with Crippen LogP contribution in [0.5, 0.6) is 0 Å². The molecular formula is C10H13NO2. The molecule has 3 heteroatoms. The highest BCUT2D eigenvalue weighted by Crippen LogP contribution is 2.19. The van der Waals surface area contributed by atoms with Crippen molar-refractivity contribution >= 4 is 5.91 Å². The fourth-order valence-electron chi connectivity index (χ4n) is 1.71. The molecule has 1 aromatic rings. The number of carbonyl (C=O) groups excluding carboxylic acids is 1. The molecule has 13 heavy (non-hydrogen) atoms. The lowest BCUT2D eigenvalue weighted by Gasteiger charge is -2.13. The molecule has 70 valence electrons. The molecule has 0 spiro atoms. The van der Waals surface area contributed by atoms with Gasteiger partial charge in [0, 0.05) is 13.0 Å². The van der Waals surface area contributed by atoms with Crippen molar-refractivity contribution in [3.63, 3.8) is 0 Å². The molecule has 2 rings (SSSR count). The lowest BCUT2D eigenvalue weighted by atomic mass is 10.2. The Balaban J connectivity index is 1.99. The third-order valence-electron chi connectivity index (χ3n) is 2.33. The standard InChI is InChI=1S/C10H13NO2/c1-8-5-10(12)11(6-8)7-9-3-2-4-13-9/h2-4,8H,5-7H2,1H3. The molecule has 1 saturated heterocycles. The van der Waals surface area contributed by atoms with Crippen molar-refractivity contribution in [1.82, 2.24) is 4.90 Å². The summed E-state index contributed by atoms with van der Waals surface area (Å²) >= 11 is 0. The minimum absolute atomic E-state index is 0.240. The Kier molecular flexibility index (Phi) is 2.08. The molecule has 1 amide bonds. The third-order valence-corrected chi connectivity index (χ3v) is 2.33. The Morgan fingerprint density at radius 3 is 3.08 bits per heavy atom. The predicted octanol–water partition coefficient (Wildman–Crippen LogP) is 1.65. The number of amides is 1. The zero-order valence-electron chi connectivity index (χ0n) is 7.69. The van der Waals surface area contributed by atoms with Gasteiger partial charge >= 0.3 is 0 Å². The van der Waals surface area contributed by atoms with Crippen molar-refractivity contribution in [2.45, 2.75) is 19.9 Å². The second-order valence-electron chi connectivity index (χ2n) is 3.66. The molecule has 1 atom stereocenters. The van der Waals surface area contributed by atoms with Crippen LogP contribution in [0.25, 0.3) is 0 Å². The number of hydrogen-bond acceptors (Lipinski definition) is 2. The Hall–Kier alpha value is -1.25. The largest absolute Gasteiger partial charge is 0.467 e. The minimum Gasteiger partial charge on any atom is -0.467 e. The van der Waals surface area contributed by atoms with Crippen LogP contribution in [0.2, 0.25) is 0 Å². The lowest BCUT2D eigenvalue weighted by Crippen LogP contribution is -2.24. The molecule has 1 aromatic heterocycles. The van der Waals surface area contributed by atoms with Crippen LogP contribution in [-0.2, 0) is 11.3 Å². The van der Waals surface area contributed by atoms with Gasteiger partial charge in [-0.25, -0.2) is 0 Å². The molecule has 0 saturated carbocycles. The first-order chi connectivity index (χ1) is 6.25. The monoisotopic (exact) mass is 179 g/mol. The first-order valence-electron chi connectivity index (χ1n) is 4.56. The number of hydrogen-bond donors (Lipinski definition) is 0. The Bertz CT molecular complexity index is 292. The summed E-state index contributed by atoms with van der Waals surface area (Å²) in [4.78, 5) is 13.2. The minimum atomic E-state index is 0.240. The van der Waals surface area contributed by atoms with Crippen LogP contribution >= 0.6 is 0 Å². The maximum Gasteiger partial charge on any atom is 0.223 e. The summed E-state index contributed by atoms with van der Waals surface area (Å²) in [6.07, 6.45) is 2.32. The second kappa shape index (κ2) is 3.24. The van der Waals surface area contributed by atoms with E-state index in [1.54, 1.807) is 6.26 Å². The topological polar surface area (TPSA) is 33.5 Å². The van der Waals surface area contributed by atoms with Crippen LogP contribution in [-0.4, -0.2) is 17.4 Å². The number of rotatable bonds is 2. The van der Waals surface area contributed by atoms with E-state index in [4.69, 9.17) is 4.42 Å².